The van der Waals surface area contributed by atoms with Crippen LogP contribution >= 0.6 is 23.5 Å². The largest absolute Gasteiger partial charge is 0.475 e. The van der Waals surface area contributed by atoms with E-state index in [1.165, 1.54) is 24.4 Å². The van der Waals surface area contributed by atoms with Crippen LogP contribution in [0, 0.1) is 13.8 Å². The summed E-state index contributed by atoms with van der Waals surface area (Å²) in [5.41, 5.74) is -1.14. The first-order valence-corrected chi connectivity index (χ1v) is 36.0. The summed E-state index contributed by atoms with van der Waals surface area (Å²) in [6.07, 6.45) is -9.73. The molecule has 1 amide bonds. The van der Waals surface area contributed by atoms with Gasteiger partial charge in [-0.3, -0.25) is 64.3 Å². The van der Waals surface area contributed by atoms with Gasteiger partial charge in [-0.1, -0.05) is 54.6 Å². The van der Waals surface area contributed by atoms with E-state index in [0.717, 1.165) is 34.9 Å². The SMILES string of the molecule is CC(C)OC(=O)c1ccccc1COP1(=O)OC[C@H]2O[C@@H](N3C=CC(=O)CC3=O)[C@](C)(F)[C@@H]2O1.Cc1ccn([C@@H]2O[C@@H]3COP(=O)(OCc4ccccc4C(=O)OC(C)C)O[C@H]3C2(F)F)c(=O)n1.Cc1ccn([C@@H]2O[C@@H]3COP(=O)(OCc4ccccc4C(=O)OC(C)C)O[C@H]3[C@@H]2O)c(=O)n1. The topological polar surface area (TPSA) is 368 Å². The smallest absolute Gasteiger partial charge is 0.459 e. The van der Waals surface area contributed by atoms with Gasteiger partial charge in [0.1, 0.15) is 36.6 Å². The molecule has 5 aromatic rings. The van der Waals surface area contributed by atoms with Gasteiger partial charge in [0.25, 0.3) is 0 Å². The monoisotopic (exact) mass is 1480 g/mol. The summed E-state index contributed by atoms with van der Waals surface area (Å²) in [6, 6.07) is 22.3. The molecule has 2 aromatic heterocycles. The van der Waals surface area contributed by atoms with E-state index in [1.54, 1.807) is 122 Å². The second-order valence-corrected chi connectivity index (χ2v) is 29.6. The molecule has 7 aliphatic rings. The van der Waals surface area contributed by atoms with Crippen LogP contribution in [0.5, 0.6) is 0 Å². The van der Waals surface area contributed by atoms with Gasteiger partial charge in [0.05, 0.1) is 81.1 Å². The van der Waals surface area contributed by atoms with Crippen molar-refractivity contribution < 1.29 is 125 Å². The molecule has 3 unspecified atom stereocenters. The Hall–Kier alpha value is -7.33. The third kappa shape index (κ3) is 17.7. The molecule has 1 N–H and O–H groups in total. The van der Waals surface area contributed by atoms with Crippen molar-refractivity contribution in [2.24, 2.45) is 0 Å². The van der Waals surface area contributed by atoms with Gasteiger partial charge in [0, 0.05) is 30.0 Å². The van der Waals surface area contributed by atoms with Gasteiger partial charge in [-0.25, -0.2) is 42.1 Å². The van der Waals surface area contributed by atoms with Gasteiger partial charge >= 0.3 is 58.7 Å². The van der Waals surface area contributed by atoms with Crippen molar-refractivity contribution >= 4 is 53.1 Å². The van der Waals surface area contributed by atoms with Crippen molar-refractivity contribution in [1.29, 1.82) is 0 Å². The summed E-state index contributed by atoms with van der Waals surface area (Å²) in [5, 5.41) is 10.7. The lowest BCUT2D eigenvalue weighted by atomic mass is 9.97. The fraction of sp³-hybridized carbons (Fsp3) is 0.484. The predicted molar refractivity (Wildman–Crippen MR) is 340 cm³/mol. The number of phosphoric ester groups is 3. The van der Waals surface area contributed by atoms with Crippen LogP contribution in [-0.2, 0) is 112 Å². The number of nitrogens with zero attached hydrogens (tertiary/aromatic N) is 5. The number of carbonyl (C=O) groups is 5. The summed E-state index contributed by atoms with van der Waals surface area (Å²) in [5.74, 6) is -6.48. The second-order valence-electron chi connectivity index (χ2n) is 24.7. The Morgan fingerprint density at radius 3 is 1.43 bits per heavy atom. The van der Waals surface area contributed by atoms with Crippen LogP contribution in [0.1, 0.15) is 126 Å². The molecule has 6 fully saturated rings. The Bertz CT molecular complexity index is 4230. The second kappa shape index (κ2) is 31.3. The zero-order chi connectivity index (χ0) is 73.1. The summed E-state index contributed by atoms with van der Waals surface area (Å²) in [6.45, 7) is 12.7. The van der Waals surface area contributed by atoms with Crippen LogP contribution < -0.4 is 11.4 Å². The van der Waals surface area contributed by atoms with E-state index < -0.39 is 157 Å². The molecule has 9 heterocycles. The van der Waals surface area contributed by atoms with Crippen molar-refractivity contribution in [2.45, 2.75) is 180 Å². The molecule has 101 heavy (non-hydrogen) atoms. The number of ketones is 1. The zero-order valence-electron chi connectivity index (χ0n) is 55.7. The third-order valence-electron chi connectivity index (χ3n) is 15.9. The number of aromatic nitrogens is 4. The lowest BCUT2D eigenvalue weighted by Gasteiger charge is -2.35. The number of aliphatic hydroxyl groups excluding tert-OH is 1. The molecule has 37 heteroatoms. The van der Waals surface area contributed by atoms with Gasteiger partial charge < -0.3 is 33.5 Å². The number of esters is 3. The number of ether oxygens (including phenoxy) is 6. The molecular weight excluding hydrogens is 1400 g/mol. The van der Waals surface area contributed by atoms with Gasteiger partial charge in [0.15, 0.2) is 30.0 Å². The van der Waals surface area contributed by atoms with Crippen LogP contribution in [0.25, 0.3) is 0 Å². The average Bonchev–Trinajstić information content (AvgIpc) is 1.61. The molecule has 0 saturated carbocycles. The zero-order valence-corrected chi connectivity index (χ0v) is 58.4. The number of aryl methyl sites for hydroxylation is 2. The number of carbonyl (C=O) groups excluding carboxylic acids is 5. The molecule has 14 atom stereocenters. The number of aliphatic hydroxyl groups is 1. The molecule has 0 spiro atoms. The maximum absolute atomic E-state index is 15.8. The number of benzene rings is 3. The predicted octanol–water partition coefficient (Wildman–Crippen LogP) is 8.57. The number of hydrogen-bond acceptors (Lipinski definition) is 28. The lowest BCUT2D eigenvalue weighted by Crippen LogP contribution is -2.52. The maximum atomic E-state index is 15.8. The number of phosphoric acid groups is 3. The fourth-order valence-electron chi connectivity index (χ4n) is 11.1. The molecule has 0 bridgehead atoms. The van der Waals surface area contributed by atoms with E-state index in [1.807, 2.05) is 0 Å². The van der Waals surface area contributed by atoms with Crippen LogP contribution in [0.15, 0.2) is 119 Å². The van der Waals surface area contributed by atoms with E-state index in [2.05, 4.69) is 9.97 Å². The quantitative estimate of drug-likeness (QED) is 0.0371. The first-order valence-electron chi connectivity index (χ1n) is 31.6. The maximum Gasteiger partial charge on any atom is 0.475 e. The van der Waals surface area contributed by atoms with Crippen LogP contribution in [0.4, 0.5) is 13.2 Å². The van der Waals surface area contributed by atoms with Crippen LogP contribution in [-0.4, -0.2) is 157 Å². The molecule has 31 nitrogen and oxygen atoms in total. The van der Waals surface area contributed by atoms with Gasteiger partial charge in [-0.2, -0.15) is 18.7 Å². The highest BCUT2D eigenvalue weighted by molar-refractivity contribution is 7.49. The van der Waals surface area contributed by atoms with Crippen molar-refractivity contribution in [3.05, 3.63) is 175 Å². The highest BCUT2D eigenvalue weighted by atomic mass is 31.2. The van der Waals surface area contributed by atoms with Crippen molar-refractivity contribution in [3.63, 3.8) is 0 Å². The number of allylic oxidation sites excluding steroid dienone is 1. The van der Waals surface area contributed by atoms with Crippen molar-refractivity contribution in [2.75, 3.05) is 19.8 Å². The van der Waals surface area contributed by atoms with Crippen LogP contribution in [0.2, 0.25) is 0 Å². The summed E-state index contributed by atoms with van der Waals surface area (Å²) < 4.78 is 167. The highest BCUT2D eigenvalue weighted by Gasteiger charge is 2.66. The number of halogens is 3. The number of rotatable bonds is 18. The van der Waals surface area contributed by atoms with E-state index in [4.69, 9.17) is 69.1 Å². The molecule has 0 aliphatic carbocycles. The third-order valence-corrected chi connectivity index (χ3v) is 20.1. The van der Waals surface area contributed by atoms with E-state index in [0.29, 0.717) is 32.6 Å². The number of fused-ring (bicyclic) bond motifs is 3. The lowest BCUT2D eigenvalue weighted by molar-refractivity contribution is -0.150. The molecular formula is C64H73F3N5O26P3. The van der Waals surface area contributed by atoms with Crippen molar-refractivity contribution in [3.8, 4) is 0 Å². The number of amides is 1. The minimum Gasteiger partial charge on any atom is -0.459 e. The van der Waals surface area contributed by atoms with Crippen molar-refractivity contribution in [1.82, 2.24) is 24.0 Å². The normalized spacial score (nSPS) is 30.2. The Labute approximate surface area is 575 Å². The summed E-state index contributed by atoms with van der Waals surface area (Å²) in [4.78, 5) is 93.4. The Morgan fingerprint density at radius 1 is 0.574 bits per heavy atom. The summed E-state index contributed by atoms with van der Waals surface area (Å²) in [7, 11) is -12.8. The van der Waals surface area contributed by atoms with E-state index in [9.17, 15) is 52.4 Å². The van der Waals surface area contributed by atoms with Gasteiger partial charge in [0.2, 0.25) is 12.1 Å². The molecule has 3 aromatic carbocycles. The number of alkyl halides is 3. The highest BCUT2D eigenvalue weighted by Crippen LogP contribution is 2.62. The minimum absolute atomic E-state index is 0.165. The first kappa shape index (κ1) is 76.3. The molecule has 12 rings (SSSR count). The van der Waals surface area contributed by atoms with E-state index in [-0.39, 0.29) is 61.4 Å². The van der Waals surface area contributed by atoms with Gasteiger partial charge in [-0.15, -0.1) is 0 Å². The average molecular weight is 1480 g/mol. The Balaban J connectivity index is 0.000000163. The number of hydrogen-bond donors (Lipinski definition) is 1. The van der Waals surface area contributed by atoms with Crippen LogP contribution in [0.3, 0.4) is 0 Å². The molecule has 7 aliphatic heterocycles. The molecule has 546 valence electrons. The van der Waals surface area contributed by atoms with Gasteiger partial charge in [-0.05, 0) is 115 Å². The Kier molecular flexibility index (Phi) is 23.7. The first-order chi connectivity index (χ1) is 47.7. The summed E-state index contributed by atoms with van der Waals surface area (Å²) >= 11 is 0. The molecule has 6 saturated heterocycles. The fourth-order valence-corrected chi connectivity index (χ4v) is 15.3. The van der Waals surface area contributed by atoms with E-state index >= 15 is 13.2 Å². The standard InChI is InChI=1S/C22H25FNO9P.C21H23F2N2O8P.C21H25N2O9P/c1-13(2)31-20(27)16-7-5-4-6-14(16)11-29-34(28)30-12-17-19(33-34)22(3,23)21(32-17)24-9-8-15(25)10-18(24)26;1-12(2)31-18(26)15-7-5-4-6-14(15)10-29-34(28)30-11-16-17(33-34)21(22,23)19(32-16)25-9-8-13(3)24-20(25)27;1-12(2)30-20(25)15-7-5-4-6-14(15)10-28-33(27)29-11-16-18(32-33)17(24)19(31-16)23-9-8-13(3)22-21(23)26/h4-9,13,17,19,21H,10-12H2,1-3H3;4-9,12,16-17,19H,10-11H2,1-3H3;4-9,12,16-19,24H,10-11H2,1-3H3/t17-,19-,21-,22-,34?;16-,17-,19-,34?;16-,17+,18-,19-,33?/m111/s1. The Morgan fingerprint density at radius 2 is 0.980 bits per heavy atom. The minimum atomic E-state index is -4.46. The molecule has 0 radical (unpaired) electrons.